The fourth-order valence-corrected chi connectivity index (χ4v) is 5.48. The number of thiophene rings is 1. The molecule has 0 unspecified atom stereocenters. The van der Waals surface area contributed by atoms with Gasteiger partial charge in [0.05, 0.1) is 24.7 Å². The summed E-state index contributed by atoms with van der Waals surface area (Å²) in [5.74, 6) is 0.737. The van der Waals surface area contributed by atoms with Crippen molar-refractivity contribution in [1.29, 1.82) is 0 Å². The number of carbonyl (C=O) groups is 1. The number of aryl methyl sites for hydroxylation is 1. The Hall–Kier alpha value is -2.51. The predicted molar refractivity (Wildman–Crippen MR) is 120 cm³/mol. The zero-order valence-electron chi connectivity index (χ0n) is 16.3. The molecule has 2 heterocycles. The smallest absolute Gasteiger partial charge is 0.303 e. The van der Waals surface area contributed by atoms with E-state index in [2.05, 4.69) is 35.1 Å². The Kier molecular flexibility index (Phi) is 5.78. The van der Waals surface area contributed by atoms with Gasteiger partial charge in [-0.2, -0.15) is 0 Å². The van der Waals surface area contributed by atoms with Crippen molar-refractivity contribution in [1.82, 2.24) is 9.55 Å². The maximum absolute atomic E-state index is 10.8. The summed E-state index contributed by atoms with van der Waals surface area (Å²) in [6.07, 6.45) is 0.794. The summed E-state index contributed by atoms with van der Waals surface area (Å²) in [6, 6.07) is 12.4. The molecule has 4 rings (SSSR count). The molecule has 0 aliphatic carbocycles. The molecule has 0 saturated carbocycles. The van der Waals surface area contributed by atoms with Crippen LogP contribution in [0, 0.1) is 6.92 Å². The van der Waals surface area contributed by atoms with Crippen LogP contribution in [0.4, 0.5) is 0 Å². The Morgan fingerprint density at radius 3 is 2.97 bits per heavy atom. The Bertz CT molecular complexity index is 1180. The summed E-state index contributed by atoms with van der Waals surface area (Å²) >= 11 is 3.38. The SMILES string of the molecule is COc1ccc2c(c1)nc(SCCCC(=O)O)n2Cc1csc2cccc(C)c12. The van der Waals surface area contributed by atoms with E-state index in [-0.39, 0.29) is 6.42 Å². The molecular weight excluding hydrogens is 404 g/mol. The second-order valence-electron chi connectivity index (χ2n) is 6.89. The van der Waals surface area contributed by atoms with Crippen LogP contribution in [0.15, 0.2) is 46.9 Å². The van der Waals surface area contributed by atoms with Gasteiger partial charge in [-0.15, -0.1) is 11.3 Å². The number of imidazole rings is 1. The number of aromatic nitrogens is 2. The molecule has 2 aromatic carbocycles. The van der Waals surface area contributed by atoms with Gasteiger partial charge in [-0.05, 0) is 48.1 Å². The number of ether oxygens (including phenoxy) is 1. The van der Waals surface area contributed by atoms with Crippen LogP contribution in [0.3, 0.4) is 0 Å². The zero-order chi connectivity index (χ0) is 20.4. The van der Waals surface area contributed by atoms with Gasteiger partial charge in [-0.25, -0.2) is 4.98 Å². The molecule has 0 aliphatic rings. The van der Waals surface area contributed by atoms with Crippen LogP contribution < -0.4 is 4.74 Å². The minimum atomic E-state index is -0.760. The lowest BCUT2D eigenvalue weighted by molar-refractivity contribution is -0.137. The van der Waals surface area contributed by atoms with Crippen molar-refractivity contribution in [2.75, 3.05) is 12.9 Å². The van der Waals surface area contributed by atoms with Crippen LogP contribution in [0.1, 0.15) is 24.0 Å². The van der Waals surface area contributed by atoms with E-state index in [9.17, 15) is 4.79 Å². The molecule has 0 amide bonds. The molecule has 4 aromatic rings. The lowest BCUT2D eigenvalue weighted by Gasteiger charge is -2.10. The summed E-state index contributed by atoms with van der Waals surface area (Å²) in [5, 5.41) is 13.3. The molecule has 7 heteroatoms. The average molecular weight is 427 g/mol. The third-order valence-electron chi connectivity index (χ3n) is 4.90. The van der Waals surface area contributed by atoms with Crippen LogP contribution in [-0.2, 0) is 11.3 Å². The fraction of sp³-hybridized carbons (Fsp3) is 0.273. The molecule has 0 saturated heterocycles. The van der Waals surface area contributed by atoms with E-state index in [1.54, 1.807) is 30.2 Å². The van der Waals surface area contributed by atoms with Gasteiger partial charge in [-0.1, -0.05) is 23.9 Å². The Labute approximate surface area is 177 Å². The van der Waals surface area contributed by atoms with Crippen LogP contribution in [0.25, 0.3) is 21.1 Å². The molecule has 0 bridgehead atoms. The standard InChI is InChI=1S/C22H22N2O3S2/c1-14-5-3-6-19-21(14)15(13-29-19)12-24-18-9-8-16(27-2)11-17(18)23-22(24)28-10-4-7-20(25)26/h3,5-6,8-9,11,13H,4,7,10,12H2,1-2H3,(H,25,26). The van der Waals surface area contributed by atoms with Gasteiger partial charge >= 0.3 is 5.97 Å². The van der Waals surface area contributed by atoms with Gasteiger partial charge in [0.15, 0.2) is 5.16 Å². The lowest BCUT2D eigenvalue weighted by Crippen LogP contribution is -2.02. The normalized spacial score (nSPS) is 11.4. The van der Waals surface area contributed by atoms with Gasteiger partial charge in [0, 0.05) is 28.3 Å². The quantitative estimate of drug-likeness (QED) is 0.295. The van der Waals surface area contributed by atoms with E-state index in [4.69, 9.17) is 14.8 Å². The highest BCUT2D eigenvalue weighted by molar-refractivity contribution is 7.99. The summed E-state index contributed by atoms with van der Waals surface area (Å²) < 4.78 is 8.88. The third kappa shape index (κ3) is 4.11. The minimum Gasteiger partial charge on any atom is -0.497 e. The Morgan fingerprint density at radius 2 is 2.17 bits per heavy atom. The topological polar surface area (TPSA) is 64.3 Å². The number of rotatable bonds is 8. The monoisotopic (exact) mass is 426 g/mol. The minimum absolute atomic E-state index is 0.176. The fourth-order valence-electron chi connectivity index (χ4n) is 3.50. The van der Waals surface area contributed by atoms with Crippen LogP contribution >= 0.6 is 23.1 Å². The number of benzene rings is 2. The van der Waals surface area contributed by atoms with Crippen molar-refractivity contribution >= 4 is 50.2 Å². The van der Waals surface area contributed by atoms with Crippen molar-refractivity contribution in [3.8, 4) is 5.75 Å². The van der Waals surface area contributed by atoms with Gasteiger partial charge in [-0.3, -0.25) is 4.79 Å². The van der Waals surface area contributed by atoms with E-state index in [1.807, 2.05) is 18.2 Å². The molecule has 150 valence electrons. The molecule has 29 heavy (non-hydrogen) atoms. The molecule has 5 nitrogen and oxygen atoms in total. The largest absolute Gasteiger partial charge is 0.497 e. The number of hydrogen-bond acceptors (Lipinski definition) is 5. The summed E-state index contributed by atoms with van der Waals surface area (Å²) in [4.78, 5) is 15.6. The van der Waals surface area contributed by atoms with Crippen molar-refractivity contribution in [3.05, 3.63) is 52.9 Å². The van der Waals surface area contributed by atoms with Gasteiger partial charge in [0.25, 0.3) is 0 Å². The maximum Gasteiger partial charge on any atom is 0.303 e. The molecule has 1 N–H and O–H groups in total. The third-order valence-corrected chi connectivity index (χ3v) is 6.96. The van der Waals surface area contributed by atoms with E-state index < -0.39 is 5.97 Å². The van der Waals surface area contributed by atoms with Crippen molar-refractivity contribution in [2.45, 2.75) is 31.5 Å². The number of aliphatic carboxylic acids is 1. The van der Waals surface area contributed by atoms with Crippen LogP contribution in [0.2, 0.25) is 0 Å². The second kappa shape index (κ2) is 8.47. The summed E-state index contributed by atoms with van der Waals surface area (Å²) in [5.41, 5.74) is 4.51. The average Bonchev–Trinajstić information content (AvgIpc) is 3.27. The first kappa shape index (κ1) is 19.8. The number of methoxy groups -OCH3 is 1. The first-order chi connectivity index (χ1) is 14.1. The number of fused-ring (bicyclic) bond motifs is 2. The van der Waals surface area contributed by atoms with E-state index in [1.165, 1.54) is 21.2 Å². The summed E-state index contributed by atoms with van der Waals surface area (Å²) in [6.45, 7) is 2.88. The number of carboxylic acid groups (broad SMARTS) is 1. The first-order valence-corrected chi connectivity index (χ1v) is 11.3. The van der Waals surface area contributed by atoms with Gasteiger partial charge in [0.1, 0.15) is 5.75 Å². The van der Waals surface area contributed by atoms with Crippen molar-refractivity contribution in [2.24, 2.45) is 0 Å². The molecule has 0 radical (unpaired) electrons. The van der Waals surface area contributed by atoms with Gasteiger partial charge in [0.2, 0.25) is 0 Å². The highest BCUT2D eigenvalue weighted by Gasteiger charge is 2.15. The highest BCUT2D eigenvalue weighted by atomic mass is 32.2. The zero-order valence-corrected chi connectivity index (χ0v) is 18.0. The molecule has 2 aromatic heterocycles. The molecule has 0 fully saturated rings. The molecule has 0 aliphatic heterocycles. The number of hydrogen-bond donors (Lipinski definition) is 1. The highest BCUT2D eigenvalue weighted by Crippen LogP contribution is 2.33. The van der Waals surface area contributed by atoms with Crippen molar-refractivity contribution in [3.63, 3.8) is 0 Å². The van der Waals surface area contributed by atoms with Crippen LogP contribution in [0.5, 0.6) is 5.75 Å². The number of nitrogens with zero attached hydrogens (tertiary/aromatic N) is 2. The van der Waals surface area contributed by atoms with E-state index >= 15 is 0 Å². The second-order valence-corrected chi connectivity index (χ2v) is 8.86. The van der Waals surface area contributed by atoms with Crippen molar-refractivity contribution < 1.29 is 14.6 Å². The molecule has 0 spiro atoms. The summed E-state index contributed by atoms with van der Waals surface area (Å²) in [7, 11) is 1.65. The Balaban J connectivity index is 1.72. The van der Waals surface area contributed by atoms with Crippen LogP contribution in [-0.4, -0.2) is 33.5 Å². The number of carboxylic acids is 1. The lowest BCUT2D eigenvalue weighted by atomic mass is 10.1. The maximum atomic E-state index is 10.8. The van der Waals surface area contributed by atoms with E-state index in [0.717, 1.165) is 34.2 Å². The first-order valence-electron chi connectivity index (χ1n) is 9.41. The molecular formula is C22H22N2O3S2. The molecule has 0 atom stereocenters. The van der Waals surface area contributed by atoms with Gasteiger partial charge < -0.3 is 14.4 Å². The predicted octanol–water partition coefficient (Wildman–Crippen LogP) is 5.57. The van der Waals surface area contributed by atoms with E-state index in [0.29, 0.717) is 6.42 Å². The Morgan fingerprint density at radius 1 is 1.31 bits per heavy atom. The number of thioether (sulfide) groups is 1.